The molecule has 4 aromatic rings. The molecule has 0 aromatic heterocycles. The third kappa shape index (κ3) is 3.94. The summed E-state index contributed by atoms with van der Waals surface area (Å²) in [5, 5.41) is 4.69. The van der Waals surface area contributed by atoms with Gasteiger partial charge in [-0.05, 0) is 35.4 Å². The number of carbonyl (C=O) groups is 2. The van der Waals surface area contributed by atoms with Crippen LogP contribution in [0.25, 0.3) is 21.9 Å². The van der Waals surface area contributed by atoms with Gasteiger partial charge >= 0.3 is 0 Å². The molecular weight excluding hydrogens is 374 g/mol. The van der Waals surface area contributed by atoms with Crippen LogP contribution in [0.5, 0.6) is 5.75 Å². The largest absolute Gasteiger partial charge is 0.480 e. The van der Waals surface area contributed by atoms with Crippen molar-refractivity contribution in [1.29, 1.82) is 0 Å². The van der Waals surface area contributed by atoms with Gasteiger partial charge in [-0.3, -0.25) is 9.59 Å². The van der Waals surface area contributed by atoms with Crippen LogP contribution in [-0.2, 0) is 4.79 Å². The van der Waals surface area contributed by atoms with Gasteiger partial charge in [-0.25, -0.2) is 0 Å². The van der Waals surface area contributed by atoms with Crippen molar-refractivity contribution in [3.8, 4) is 16.9 Å². The van der Waals surface area contributed by atoms with E-state index in [4.69, 9.17) is 4.74 Å². The second-order valence-corrected chi connectivity index (χ2v) is 6.98. The van der Waals surface area contributed by atoms with Gasteiger partial charge < -0.3 is 10.1 Å². The number of fused-ring (bicyclic) bond motifs is 1. The van der Waals surface area contributed by atoms with Gasteiger partial charge in [-0.2, -0.15) is 0 Å². The molecule has 4 rings (SSSR count). The Morgan fingerprint density at radius 1 is 0.867 bits per heavy atom. The summed E-state index contributed by atoms with van der Waals surface area (Å²) in [6.45, 7) is 1.67. The molecule has 0 bridgehead atoms. The zero-order valence-corrected chi connectivity index (χ0v) is 16.5. The number of para-hydroxylation sites is 1. The fraction of sp³-hybridized carbons (Fsp3) is 0.0769. The van der Waals surface area contributed by atoms with E-state index in [0.29, 0.717) is 17.0 Å². The van der Waals surface area contributed by atoms with Crippen LogP contribution in [-0.4, -0.2) is 18.3 Å². The van der Waals surface area contributed by atoms with Crippen LogP contribution in [0.2, 0.25) is 0 Å². The van der Waals surface area contributed by atoms with Crippen molar-refractivity contribution >= 4 is 28.7 Å². The number of benzene rings is 4. The van der Waals surface area contributed by atoms with Gasteiger partial charge in [0, 0.05) is 11.3 Å². The number of aldehydes is 1. The molecule has 4 heteroatoms. The summed E-state index contributed by atoms with van der Waals surface area (Å²) in [7, 11) is 0. The molecule has 0 aliphatic heterocycles. The molecule has 30 heavy (non-hydrogen) atoms. The SMILES string of the molecule is C[C@H](Oc1ccc2ccccc2c1C=O)C(=O)Nc1ccccc1-c1ccccc1. The highest BCUT2D eigenvalue weighted by Gasteiger charge is 2.19. The van der Waals surface area contributed by atoms with Gasteiger partial charge in [0.2, 0.25) is 0 Å². The van der Waals surface area contributed by atoms with E-state index in [9.17, 15) is 9.59 Å². The van der Waals surface area contributed by atoms with Crippen LogP contribution in [0, 0.1) is 0 Å². The molecule has 1 N–H and O–H groups in total. The second-order valence-electron chi connectivity index (χ2n) is 6.98. The summed E-state index contributed by atoms with van der Waals surface area (Å²) in [4.78, 5) is 24.5. The van der Waals surface area contributed by atoms with Gasteiger partial charge in [-0.15, -0.1) is 0 Å². The maximum atomic E-state index is 12.8. The highest BCUT2D eigenvalue weighted by atomic mass is 16.5. The van der Waals surface area contributed by atoms with Gasteiger partial charge in [0.05, 0.1) is 5.56 Å². The minimum atomic E-state index is -0.784. The molecule has 0 spiro atoms. The lowest BCUT2D eigenvalue weighted by atomic mass is 10.0. The smallest absolute Gasteiger partial charge is 0.265 e. The average molecular weight is 395 g/mol. The predicted octanol–water partition coefficient (Wildman–Crippen LogP) is 5.73. The lowest BCUT2D eigenvalue weighted by Gasteiger charge is -2.18. The van der Waals surface area contributed by atoms with E-state index in [1.807, 2.05) is 84.9 Å². The average Bonchev–Trinajstić information content (AvgIpc) is 2.79. The Kier molecular flexibility index (Phi) is 5.57. The van der Waals surface area contributed by atoms with Gasteiger partial charge in [0.25, 0.3) is 5.91 Å². The van der Waals surface area contributed by atoms with Crippen molar-refractivity contribution in [2.45, 2.75) is 13.0 Å². The lowest BCUT2D eigenvalue weighted by Crippen LogP contribution is -2.30. The number of amides is 1. The fourth-order valence-electron chi connectivity index (χ4n) is 3.44. The summed E-state index contributed by atoms with van der Waals surface area (Å²) >= 11 is 0. The first kappa shape index (κ1) is 19.4. The van der Waals surface area contributed by atoms with E-state index in [1.54, 1.807) is 13.0 Å². The zero-order valence-electron chi connectivity index (χ0n) is 16.5. The molecule has 1 atom stereocenters. The molecule has 4 aromatic carbocycles. The third-order valence-corrected chi connectivity index (χ3v) is 4.99. The second kappa shape index (κ2) is 8.62. The topological polar surface area (TPSA) is 55.4 Å². The van der Waals surface area contributed by atoms with Crippen molar-refractivity contribution in [3.05, 3.63) is 96.6 Å². The highest BCUT2D eigenvalue weighted by Crippen LogP contribution is 2.29. The number of rotatable bonds is 6. The number of hydrogen-bond donors (Lipinski definition) is 1. The molecular formula is C26H21NO3. The maximum Gasteiger partial charge on any atom is 0.265 e. The summed E-state index contributed by atoms with van der Waals surface area (Å²) in [5.41, 5.74) is 3.09. The molecule has 1 amide bonds. The van der Waals surface area contributed by atoms with Crippen molar-refractivity contribution in [2.75, 3.05) is 5.32 Å². The summed E-state index contributed by atoms with van der Waals surface area (Å²) in [5.74, 6) is 0.103. The molecule has 0 saturated carbocycles. The van der Waals surface area contributed by atoms with Crippen LogP contribution < -0.4 is 10.1 Å². The number of ether oxygens (including phenoxy) is 1. The van der Waals surface area contributed by atoms with Crippen molar-refractivity contribution in [3.63, 3.8) is 0 Å². The Bertz CT molecular complexity index is 1200. The molecule has 0 aliphatic carbocycles. The first-order valence-corrected chi connectivity index (χ1v) is 9.76. The van der Waals surface area contributed by atoms with E-state index in [0.717, 1.165) is 28.2 Å². The molecule has 148 valence electrons. The van der Waals surface area contributed by atoms with Crippen LogP contribution in [0.15, 0.2) is 91.0 Å². The van der Waals surface area contributed by atoms with E-state index in [2.05, 4.69) is 5.32 Å². The molecule has 0 heterocycles. The van der Waals surface area contributed by atoms with Crippen LogP contribution in [0.3, 0.4) is 0 Å². The van der Waals surface area contributed by atoms with Gasteiger partial charge in [-0.1, -0.05) is 78.9 Å². The molecule has 0 radical (unpaired) electrons. The molecule has 0 fully saturated rings. The Morgan fingerprint density at radius 3 is 2.37 bits per heavy atom. The van der Waals surface area contributed by atoms with Gasteiger partial charge in [0.1, 0.15) is 5.75 Å². The lowest BCUT2D eigenvalue weighted by molar-refractivity contribution is -0.122. The summed E-state index contributed by atoms with van der Waals surface area (Å²) in [6, 6.07) is 28.7. The predicted molar refractivity (Wildman–Crippen MR) is 120 cm³/mol. The van der Waals surface area contributed by atoms with Crippen LogP contribution >= 0.6 is 0 Å². The Morgan fingerprint density at radius 2 is 1.57 bits per heavy atom. The molecule has 0 aliphatic rings. The van der Waals surface area contributed by atoms with Crippen LogP contribution in [0.1, 0.15) is 17.3 Å². The number of nitrogens with one attached hydrogen (secondary N) is 1. The van der Waals surface area contributed by atoms with Crippen molar-refractivity contribution in [1.82, 2.24) is 0 Å². The molecule has 0 unspecified atom stereocenters. The van der Waals surface area contributed by atoms with Crippen LogP contribution in [0.4, 0.5) is 5.69 Å². The molecule has 0 saturated heterocycles. The van der Waals surface area contributed by atoms with E-state index in [-0.39, 0.29) is 5.91 Å². The normalized spacial score (nSPS) is 11.6. The van der Waals surface area contributed by atoms with Crippen molar-refractivity contribution < 1.29 is 14.3 Å². The highest BCUT2D eigenvalue weighted by molar-refractivity contribution is 6.01. The number of carbonyl (C=O) groups excluding carboxylic acids is 2. The minimum absolute atomic E-state index is 0.289. The first-order chi connectivity index (χ1) is 14.7. The van der Waals surface area contributed by atoms with E-state index in [1.165, 1.54) is 0 Å². The number of anilines is 1. The molecule has 4 nitrogen and oxygen atoms in total. The standard InChI is InChI=1S/C26H21NO3/c1-18(30-25-16-15-20-11-5-6-12-21(20)23(25)17-28)26(29)27-24-14-8-7-13-22(24)19-9-3-2-4-10-19/h2-18H,1H3,(H,27,29)/t18-/m0/s1. The quantitative estimate of drug-likeness (QED) is 0.425. The Balaban J connectivity index is 1.56. The summed E-state index contributed by atoms with van der Waals surface area (Å²) < 4.78 is 5.88. The zero-order chi connectivity index (χ0) is 20.9. The minimum Gasteiger partial charge on any atom is -0.480 e. The van der Waals surface area contributed by atoms with E-state index < -0.39 is 6.10 Å². The monoisotopic (exact) mass is 395 g/mol. The maximum absolute atomic E-state index is 12.8. The van der Waals surface area contributed by atoms with Gasteiger partial charge in [0.15, 0.2) is 12.4 Å². The third-order valence-electron chi connectivity index (χ3n) is 4.99. The fourth-order valence-corrected chi connectivity index (χ4v) is 3.44. The number of hydrogen-bond acceptors (Lipinski definition) is 3. The van der Waals surface area contributed by atoms with E-state index >= 15 is 0 Å². The van der Waals surface area contributed by atoms with Crippen molar-refractivity contribution in [2.24, 2.45) is 0 Å². The Hall–Kier alpha value is -3.92. The Labute approximate surface area is 175 Å². The first-order valence-electron chi connectivity index (χ1n) is 9.76. The summed E-state index contributed by atoms with van der Waals surface area (Å²) in [6.07, 6.45) is -0.0128.